The fraction of sp³-hybridized carbons (Fsp3) is 0.571. The Hall–Kier alpha value is -1.31. The van der Waals surface area contributed by atoms with Crippen molar-refractivity contribution >= 4 is 21.4 Å². The van der Waals surface area contributed by atoms with Gasteiger partial charge in [-0.05, 0) is 24.6 Å². The number of anilines is 2. The average Bonchev–Trinajstić information content (AvgIpc) is 2.42. The number of rotatable bonds is 5. The first kappa shape index (κ1) is 16.1. The predicted molar refractivity (Wildman–Crippen MR) is 83.4 cm³/mol. The lowest BCUT2D eigenvalue weighted by Gasteiger charge is -2.31. The third-order valence-corrected chi connectivity index (χ3v) is 3.96. The molecule has 1 aliphatic rings. The average molecular weight is 314 g/mol. The Kier molecular flexibility index (Phi) is 5.08. The summed E-state index contributed by atoms with van der Waals surface area (Å²) in [6.45, 7) is 5.40. The van der Waals surface area contributed by atoms with E-state index in [1.165, 1.54) is 0 Å². The normalized spacial score (nSPS) is 16.0. The first-order valence-corrected chi connectivity index (χ1v) is 8.73. The number of hydrogen-bond donors (Lipinski definition) is 1. The van der Waals surface area contributed by atoms with Gasteiger partial charge in [0, 0.05) is 31.5 Å². The van der Waals surface area contributed by atoms with Gasteiger partial charge >= 0.3 is 0 Å². The van der Waals surface area contributed by atoms with E-state index in [1.54, 1.807) is 7.11 Å². The second-order valence-electron chi connectivity index (χ2n) is 5.20. The molecular formula is C14H22N2O4S. The Labute approximate surface area is 126 Å². The van der Waals surface area contributed by atoms with Crippen LogP contribution < -0.4 is 9.62 Å². The van der Waals surface area contributed by atoms with Gasteiger partial charge < -0.3 is 14.4 Å². The van der Waals surface area contributed by atoms with E-state index in [-0.39, 0.29) is 0 Å². The Bertz CT molecular complexity index is 595. The summed E-state index contributed by atoms with van der Waals surface area (Å²) in [7, 11) is -1.66. The Morgan fingerprint density at radius 2 is 2.00 bits per heavy atom. The monoisotopic (exact) mass is 314 g/mol. The molecule has 21 heavy (non-hydrogen) atoms. The Morgan fingerprint density at radius 1 is 1.33 bits per heavy atom. The molecule has 0 aromatic heterocycles. The molecule has 1 saturated heterocycles. The van der Waals surface area contributed by atoms with Gasteiger partial charge in [-0.2, -0.15) is 0 Å². The fourth-order valence-electron chi connectivity index (χ4n) is 2.42. The molecule has 0 unspecified atom stereocenters. The van der Waals surface area contributed by atoms with Crippen molar-refractivity contribution in [1.29, 1.82) is 0 Å². The summed E-state index contributed by atoms with van der Waals surface area (Å²) in [6.07, 6.45) is 1.15. The van der Waals surface area contributed by atoms with Gasteiger partial charge in [-0.25, -0.2) is 8.42 Å². The number of ether oxygens (including phenoxy) is 2. The van der Waals surface area contributed by atoms with Crippen LogP contribution in [0.5, 0.6) is 0 Å². The summed E-state index contributed by atoms with van der Waals surface area (Å²) in [4.78, 5) is 2.25. The molecule has 0 spiro atoms. The van der Waals surface area contributed by atoms with Crippen LogP contribution in [0.1, 0.15) is 11.1 Å². The zero-order valence-corrected chi connectivity index (χ0v) is 13.5. The zero-order valence-electron chi connectivity index (χ0n) is 12.7. The lowest BCUT2D eigenvalue weighted by molar-refractivity contribution is 0.122. The predicted octanol–water partition coefficient (Wildman–Crippen LogP) is 1.35. The quantitative estimate of drug-likeness (QED) is 0.888. The van der Waals surface area contributed by atoms with Gasteiger partial charge in [0.15, 0.2) is 0 Å². The van der Waals surface area contributed by atoms with Gasteiger partial charge in [0.05, 0.1) is 31.8 Å². The number of methoxy groups -OCH3 is 1. The molecule has 1 aliphatic heterocycles. The first-order chi connectivity index (χ1) is 9.90. The number of benzene rings is 1. The number of nitrogens with one attached hydrogen (secondary N) is 1. The molecule has 0 atom stereocenters. The molecule has 2 rings (SSSR count). The molecular weight excluding hydrogens is 292 g/mol. The third kappa shape index (κ3) is 4.33. The van der Waals surface area contributed by atoms with Crippen LogP contribution in [-0.2, 0) is 26.1 Å². The molecule has 1 fully saturated rings. The van der Waals surface area contributed by atoms with Gasteiger partial charge in [0.2, 0.25) is 10.0 Å². The van der Waals surface area contributed by atoms with E-state index >= 15 is 0 Å². The minimum absolute atomic E-state index is 0.436. The van der Waals surface area contributed by atoms with E-state index < -0.39 is 10.0 Å². The highest BCUT2D eigenvalue weighted by Gasteiger charge is 2.17. The van der Waals surface area contributed by atoms with Crippen LogP contribution in [0.15, 0.2) is 12.1 Å². The lowest BCUT2D eigenvalue weighted by Crippen LogP contribution is -2.37. The van der Waals surface area contributed by atoms with Gasteiger partial charge in [0.25, 0.3) is 0 Å². The van der Waals surface area contributed by atoms with Crippen molar-refractivity contribution in [3.63, 3.8) is 0 Å². The SMILES string of the molecule is COCc1cc(NS(C)(=O)=O)c(C)cc1N1CCOCC1. The van der Waals surface area contributed by atoms with Crippen LogP contribution in [0, 0.1) is 6.92 Å². The lowest BCUT2D eigenvalue weighted by atomic mass is 10.1. The Balaban J connectivity index is 2.38. The van der Waals surface area contributed by atoms with Crippen molar-refractivity contribution in [2.24, 2.45) is 0 Å². The van der Waals surface area contributed by atoms with Crippen molar-refractivity contribution in [2.45, 2.75) is 13.5 Å². The van der Waals surface area contributed by atoms with Gasteiger partial charge in [0.1, 0.15) is 0 Å². The molecule has 1 aromatic rings. The maximum atomic E-state index is 11.4. The van der Waals surface area contributed by atoms with E-state index in [4.69, 9.17) is 9.47 Å². The van der Waals surface area contributed by atoms with Gasteiger partial charge in [-0.3, -0.25) is 4.72 Å². The minimum atomic E-state index is -3.29. The maximum Gasteiger partial charge on any atom is 0.229 e. The van der Waals surface area contributed by atoms with Crippen LogP contribution in [0.3, 0.4) is 0 Å². The molecule has 1 heterocycles. The molecule has 1 aromatic carbocycles. The molecule has 0 bridgehead atoms. The van der Waals surface area contributed by atoms with E-state index in [9.17, 15) is 8.42 Å². The van der Waals surface area contributed by atoms with E-state index in [2.05, 4.69) is 9.62 Å². The second-order valence-corrected chi connectivity index (χ2v) is 6.95. The molecule has 0 radical (unpaired) electrons. The highest BCUT2D eigenvalue weighted by Crippen LogP contribution is 2.29. The zero-order chi connectivity index (χ0) is 15.5. The largest absolute Gasteiger partial charge is 0.380 e. The molecule has 1 N–H and O–H groups in total. The van der Waals surface area contributed by atoms with Gasteiger partial charge in [-0.15, -0.1) is 0 Å². The number of hydrogen-bond acceptors (Lipinski definition) is 5. The highest BCUT2D eigenvalue weighted by molar-refractivity contribution is 7.92. The minimum Gasteiger partial charge on any atom is -0.380 e. The van der Waals surface area contributed by atoms with Crippen molar-refractivity contribution < 1.29 is 17.9 Å². The smallest absolute Gasteiger partial charge is 0.229 e. The van der Waals surface area contributed by atoms with E-state index in [0.29, 0.717) is 25.5 Å². The van der Waals surface area contributed by atoms with Crippen molar-refractivity contribution in [2.75, 3.05) is 49.3 Å². The fourth-order valence-corrected chi connectivity index (χ4v) is 3.04. The topological polar surface area (TPSA) is 67.9 Å². The summed E-state index contributed by atoms with van der Waals surface area (Å²) in [5, 5.41) is 0. The summed E-state index contributed by atoms with van der Waals surface area (Å²) >= 11 is 0. The van der Waals surface area contributed by atoms with E-state index in [0.717, 1.165) is 36.2 Å². The molecule has 0 amide bonds. The summed E-state index contributed by atoms with van der Waals surface area (Å²) < 4.78 is 36.1. The molecule has 0 saturated carbocycles. The first-order valence-electron chi connectivity index (χ1n) is 6.83. The Morgan fingerprint density at radius 3 is 2.57 bits per heavy atom. The number of nitrogens with zero attached hydrogens (tertiary/aromatic N) is 1. The second kappa shape index (κ2) is 6.64. The number of morpholine rings is 1. The van der Waals surface area contributed by atoms with Crippen LogP contribution in [0.2, 0.25) is 0 Å². The number of sulfonamides is 1. The molecule has 7 heteroatoms. The van der Waals surface area contributed by atoms with Crippen molar-refractivity contribution in [1.82, 2.24) is 0 Å². The maximum absolute atomic E-state index is 11.4. The number of aryl methyl sites for hydroxylation is 1. The van der Waals surface area contributed by atoms with Crippen LogP contribution in [0.25, 0.3) is 0 Å². The standard InChI is InChI=1S/C14H22N2O4S/c1-11-8-14(16-4-6-20-7-5-16)12(10-19-2)9-13(11)15-21(3,17)18/h8-9,15H,4-7,10H2,1-3H3. The summed E-state index contributed by atoms with van der Waals surface area (Å²) in [6, 6.07) is 3.86. The summed E-state index contributed by atoms with van der Waals surface area (Å²) in [5.41, 5.74) is 3.54. The van der Waals surface area contributed by atoms with Crippen molar-refractivity contribution in [3.8, 4) is 0 Å². The molecule has 118 valence electrons. The van der Waals surface area contributed by atoms with E-state index in [1.807, 2.05) is 19.1 Å². The summed E-state index contributed by atoms with van der Waals surface area (Å²) in [5.74, 6) is 0. The van der Waals surface area contributed by atoms with Crippen LogP contribution in [-0.4, -0.2) is 48.1 Å². The van der Waals surface area contributed by atoms with Crippen molar-refractivity contribution in [3.05, 3.63) is 23.3 Å². The van der Waals surface area contributed by atoms with Crippen LogP contribution >= 0.6 is 0 Å². The van der Waals surface area contributed by atoms with Gasteiger partial charge in [-0.1, -0.05) is 0 Å². The third-order valence-electron chi connectivity index (χ3n) is 3.37. The molecule has 6 nitrogen and oxygen atoms in total. The molecule has 0 aliphatic carbocycles. The van der Waals surface area contributed by atoms with Crippen LogP contribution in [0.4, 0.5) is 11.4 Å². The highest BCUT2D eigenvalue weighted by atomic mass is 32.2.